The summed E-state index contributed by atoms with van der Waals surface area (Å²) in [7, 11) is 1.22. The summed E-state index contributed by atoms with van der Waals surface area (Å²) in [5.41, 5.74) is -0.828. The Morgan fingerprint density at radius 1 is 1.19 bits per heavy atom. The second-order valence-electron chi connectivity index (χ2n) is 6.33. The van der Waals surface area contributed by atoms with E-state index in [1.165, 1.54) is 13.2 Å². The molecule has 2 rings (SSSR count). The van der Waals surface area contributed by atoms with Gasteiger partial charge in [0.2, 0.25) is 0 Å². The zero-order valence-electron chi connectivity index (χ0n) is 15.3. The number of hydrogen-bond acceptors (Lipinski definition) is 7. The largest absolute Gasteiger partial charge is 0.467 e. The summed E-state index contributed by atoms with van der Waals surface area (Å²) < 4.78 is 14.6. The Bertz CT molecular complexity index is 900. The summed E-state index contributed by atoms with van der Waals surface area (Å²) in [6, 6.07) is 7.20. The first kappa shape index (κ1) is 20.2. The summed E-state index contributed by atoms with van der Waals surface area (Å²) in [5.74, 6) is -2.11. The van der Waals surface area contributed by atoms with Gasteiger partial charge in [0, 0.05) is 5.39 Å². The van der Waals surface area contributed by atoms with Crippen molar-refractivity contribution in [3.05, 3.63) is 46.3 Å². The molecule has 0 aliphatic carbocycles. The van der Waals surface area contributed by atoms with Gasteiger partial charge in [0.05, 0.1) is 7.11 Å². The van der Waals surface area contributed by atoms with Gasteiger partial charge in [0.1, 0.15) is 17.2 Å². The van der Waals surface area contributed by atoms with E-state index in [0.29, 0.717) is 17.4 Å². The van der Waals surface area contributed by atoms with Gasteiger partial charge in [-0.05, 0) is 24.5 Å². The number of rotatable bonds is 7. The topological polar surface area (TPSA) is 112 Å². The Morgan fingerprint density at radius 2 is 1.89 bits per heavy atom. The third kappa shape index (κ3) is 5.40. The zero-order chi connectivity index (χ0) is 20.0. The molecule has 1 aromatic heterocycles. The minimum atomic E-state index is -0.983. The highest BCUT2D eigenvalue weighted by Gasteiger charge is 2.23. The molecule has 8 nitrogen and oxygen atoms in total. The molecule has 144 valence electrons. The summed E-state index contributed by atoms with van der Waals surface area (Å²) in [6.07, 6.45) is 0.376. The molecular weight excluding hydrogens is 354 g/mol. The van der Waals surface area contributed by atoms with Gasteiger partial charge in [-0.1, -0.05) is 32.0 Å². The molecule has 1 N–H and O–H groups in total. The van der Waals surface area contributed by atoms with Crippen LogP contribution in [0.2, 0.25) is 0 Å². The second-order valence-corrected chi connectivity index (χ2v) is 6.33. The maximum atomic E-state index is 12.1. The van der Waals surface area contributed by atoms with Crippen molar-refractivity contribution in [1.29, 1.82) is 0 Å². The van der Waals surface area contributed by atoms with Crippen LogP contribution in [0, 0.1) is 5.92 Å². The SMILES string of the molecule is COC(=O)[C@@H](CC(C)C)NC(=O)COC(=O)c1cc2ccccc2oc1=O. The van der Waals surface area contributed by atoms with Gasteiger partial charge in [0.25, 0.3) is 5.91 Å². The molecule has 0 saturated heterocycles. The van der Waals surface area contributed by atoms with Gasteiger partial charge in [0.15, 0.2) is 6.61 Å². The van der Waals surface area contributed by atoms with E-state index < -0.39 is 36.1 Å². The smallest absolute Gasteiger partial charge is 0.351 e. The molecular formula is C19H21NO7. The fourth-order valence-electron chi connectivity index (χ4n) is 2.48. The third-order valence-electron chi connectivity index (χ3n) is 3.72. The van der Waals surface area contributed by atoms with Gasteiger partial charge < -0.3 is 19.2 Å². The Balaban J connectivity index is 2.02. The van der Waals surface area contributed by atoms with Crippen LogP contribution < -0.4 is 10.9 Å². The lowest BCUT2D eigenvalue weighted by molar-refractivity contribution is -0.145. The highest BCUT2D eigenvalue weighted by molar-refractivity contribution is 5.94. The van der Waals surface area contributed by atoms with Crippen LogP contribution >= 0.6 is 0 Å². The van der Waals surface area contributed by atoms with Crippen LogP contribution in [-0.4, -0.2) is 37.6 Å². The van der Waals surface area contributed by atoms with Crippen molar-refractivity contribution in [2.75, 3.05) is 13.7 Å². The fraction of sp³-hybridized carbons (Fsp3) is 0.368. The number of carbonyl (C=O) groups excluding carboxylic acids is 3. The van der Waals surface area contributed by atoms with Gasteiger partial charge in [-0.25, -0.2) is 14.4 Å². The lowest BCUT2D eigenvalue weighted by Crippen LogP contribution is -2.44. The summed E-state index contributed by atoms with van der Waals surface area (Å²) in [4.78, 5) is 47.7. The second kappa shape index (κ2) is 8.98. The first-order valence-electron chi connectivity index (χ1n) is 8.39. The molecule has 1 aromatic carbocycles. The zero-order valence-corrected chi connectivity index (χ0v) is 15.3. The van der Waals surface area contributed by atoms with Crippen molar-refractivity contribution >= 4 is 28.8 Å². The Kier molecular flexibility index (Phi) is 6.70. The standard InChI is InChI=1S/C19H21NO7/c1-11(2)8-14(19(24)25-3)20-16(21)10-26-17(22)13-9-12-6-4-5-7-15(12)27-18(13)23/h4-7,9,11,14H,8,10H2,1-3H3,(H,20,21)/t14-/m1/s1. The van der Waals surface area contributed by atoms with Crippen LogP contribution in [-0.2, 0) is 19.1 Å². The number of para-hydroxylation sites is 1. The monoisotopic (exact) mass is 375 g/mol. The van der Waals surface area contributed by atoms with Crippen LogP contribution in [0.1, 0.15) is 30.6 Å². The minimum absolute atomic E-state index is 0.138. The number of amides is 1. The Hall–Kier alpha value is -3.16. The molecule has 0 aliphatic rings. The van der Waals surface area contributed by atoms with E-state index in [9.17, 15) is 19.2 Å². The van der Waals surface area contributed by atoms with Crippen molar-refractivity contribution in [3.63, 3.8) is 0 Å². The molecule has 0 unspecified atom stereocenters. The summed E-state index contributed by atoms with van der Waals surface area (Å²) >= 11 is 0. The molecule has 0 radical (unpaired) electrons. The third-order valence-corrected chi connectivity index (χ3v) is 3.72. The van der Waals surface area contributed by atoms with Crippen molar-refractivity contribution in [3.8, 4) is 0 Å². The van der Waals surface area contributed by atoms with Crippen LogP contribution in [0.5, 0.6) is 0 Å². The summed E-state index contributed by atoms with van der Waals surface area (Å²) in [6.45, 7) is 3.14. The van der Waals surface area contributed by atoms with Gasteiger partial charge in [-0.15, -0.1) is 0 Å². The van der Waals surface area contributed by atoms with E-state index in [0.717, 1.165) is 0 Å². The lowest BCUT2D eigenvalue weighted by atomic mass is 10.0. The maximum Gasteiger partial charge on any atom is 0.351 e. The molecule has 0 saturated carbocycles. The number of methoxy groups -OCH3 is 1. The number of benzene rings is 1. The molecule has 0 aliphatic heterocycles. The predicted molar refractivity (Wildman–Crippen MR) is 96.2 cm³/mol. The first-order valence-corrected chi connectivity index (χ1v) is 8.39. The van der Waals surface area contributed by atoms with Crippen molar-refractivity contribution in [2.24, 2.45) is 5.92 Å². The van der Waals surface area contributed by atoms with E-state index in [-0.39, 0.29) is 11.5 Å². The average Bonchev–Trinajstić information content (AvgIpc) is 2.64. The Labute approximate surface area is 155 Å². The number of esters is 2. The van der Waals surface area contributed by atoms with E-state index in [1.807, 2.05) is 13.8 Å². The molecule has 1 heterocycles. The molecule has 1 atom stereocenters. The summed E-state index contributed by atoms with van der Waals surface area (Å²) in [5, 5.41) is 3.01. The van der Waals surface area contributed by atoms with E-state index in [4.69, 9.17) is 9.15 Å². The lowest BCUT2D eigenvalue weighted by Gasteiger charge is -2.18. The molecule has 1 amide bonds. The normalized spacial score (nSPS) is 11.9. The van der Waals surface area contributed by atoms with Crippen LogP contribution in [0.25, 0.3) is 11.0 Å². The van der Waals surface area contributed by atoms with Gasteiger partial charge in [-0.3, -0.25) is 4.79 Å². The molecule has 27 heavy (non-hydrogen) atoms. The van der Waals surface area contributed by atoms with Gasteiger partial charge in [-0.2, -0.15) is 0 Å². The molecule has 0 bridgehead atoms. The van der Waals surface area contributed by atoms with Crippen LogP contribution in [0.4, 0.5) is 0 Å². The molecule has 2 aromatic rings. The van der Waals surface area contributed by atoms with Crippen LogP contribution in [0.15, 0.2) is 39.5 Å². The first-order chi connectivity index (χ1) is 12.8. The number of carbonyl (C=O) groups is 3. The fourth-order valence-corrected chi connectivity index (χ4v) is 2.48. The van der Waals surface area contributed by atoms with Gasteiger partial charge >= 0.3 is 17.6 Å². The molecule has 0 fully saturated rings. The number of nitrogens with one attached hydrogen (secondary N) is 1. The average molecular weight is 375 g/mol. The predicted octanol–water partition coefficient (Wildman–Crippen LogP) is 1.65. The number of ether oxygens (including phenoxy) is 2. The van der Waals surface area contributed by atoms with Crippen LogP contribution in [0.3, 0.4) is 0 Å². The van der Waals surface area contributed by atoms with E-state index in [1.54, 1.807) is 24.3 Å². The van der Waals surface area contributed by atoms with Crippen molar-refractivity contribution in [2.45, 2.75) is 26.3 Å². The highest BCUT2D eigenvalue weighted by atomic mass is 16.5. The molecule has 8 heteroatoms. The number of hydrogen-bond donors (Lipinski definition) is 1. The van der Waals surface area contributed by atoms with Crippen molar-refractivity contribution < 1.29 is 28.3 Å². The Morgan fingerprint density at radius 3 is 2.56 bits per heavy atom. The quantitative estimate of drug-likeness (QED) is 0.578. The number of fused-ring (bicyclic) bond motifs is 1. The van der Waals surface area contributed by atoms with Crippen molar-refractivity contribution in [1.82, 2.24) is 5.32 Å². The highest BCUT2D eigenvalue weighted by Crippen LogP contribution is 2.13. The maximum absolute atomic E-state index is 12.1. The van der Waals surface area contributed by atoms with E-state index in [2.05, 4.69) is 10.1 Å². The minimum Gasteiger partial charge on any atom is -0.467 e. The van der Waals surface area contributed by atoms with E-state index >= 15 is 0 Å². The molecule has 0 spiro atoms.